The Labute approximate surface area is 110 Å². The predicted molar refractivity (Wildman–Crippen MR) is 74.7 cm³/mol. The van der Waals surface area contributed by atoms with E-state index in [-0.39, 0.29) is 0 Å². The van der Waals surface area contributed by atoms with E-state index in [9.17, 15) is 0 Å². The smallest absolute Gasteiger partial charge is 0.0587 e. The largest absolute Gasteiger partial charge is 0.383 e. The summed E-state index contributed by atoms with van der Waals surface area (Å²) in [4.78, 5) is 6.93. The Kier molecular flexibility index (Phi) is 7.57. The highest BCUT2D eigenvalue weighted by Gasteiger charge is 2.04. The minimum atomic E-state index is 0.769. The molecule has 0 aliphatic carbocycles. The number of ether oxygens (including phenoxy) is 1. The van der Waals surface area contributed by atoms with Crippen LogP contribution in [0.4, 0.5) is 0 Å². The van der Waals surface area contributed by atoms with E-state index in [2.05, 4.69) is 34.3 Å². The summed E-state index contributed by atoms with van der Waals surface area (Å²) in [5.74, 6) is 0. The number of nitrogens with zero attached hydrogens (tertiary/aromatic N) is 2. The first-order valence-corrected chi connectivity index (χ1v) is 6.60. The van der Waals surface area contributed by atoms with E-state index in [1.807, 2.05) is 13.0 Å². The molecular weight excluding hydrogens is 226 g/mol. The Morgan fingerprint density at radius 1 is 1.33 bits per heavy atom. The molecule has 1 rings (SSSR count). The Balaban J connectivity index is 2.28. The molecule has 0 radical (unpaired) electrons. The van der Waals surface area contributed by atoms with Crippen molar-refractivity contribution in [3.63, 3.8) is 0 Å². The Hall–Kier alpha value is -0.970. The SMILES string of the molecule is CCN(CCNCCOC)Cc1cccc(C)n1. The van der Waals surface area contributed by atoms with E-state index < -0.39 is 0 Å². The first-order valence-electron chi connectivity index (χ1n) is 6.60. The average molecular weight is 251 g/mol. The second-order valence-corrected chi connectivity index (χ2v) is 4.38. The molecule has 1 aromatic rings. The molecule has 4 heteroatoms. The summed E-state index contributed by atoms with van der Waals surface area (Å²) in [7, 11) is 1.73. The average Bonchev–Trinajstić information content (AvgIpc) is 2.37. The van der Waals surface area contributed by atoms with Gasteiger partial charge in [-0.25, -0.2) is 0 Å². The van der Waals surface area contributed by atoms with Gasteiger partial charge in [0.2, 0.25) is 0 Å². The van der Waals surface area contributed by atoms with Crippen molar-refractivity contribution in [1.82, 2.24) is 15.2 Å². The third-order valence-corrected chi connectivity index (χ3v) is 2.87. The number of pyridine rings is 1. The quantitative estimate of drug-likeness (QED) is 0.674. The summed E-state index contributed by atoms with van der Waals surface area (Å²) in [5.41, 5.74) is 2.23. The summed E-state index contributed by atoms with van der Waals surface area (Å²) in [6, 6.07) is 6.20. The molecule has 4 nitrogen and oxygen atoms in total. The van der Waals surface area contributed by atoms with Crippen molar-refractivity contribution < 1.29 is 4.74 Å². The number of hydrogen-bond acceptors (Lipinski definition) is 4. The molecule has 0 atom stereocenters. The van der Waals surface area contributed by atoms with Crippen molar-refractivity contribution in [3.8, 4) is 0 Å². The molecule has 0 aliphatic heterocycles. The second-order valence-electron chi connectivity index (χ2n) is 4.38. The molecule has 0 saturated carbocycles. The van der Waals surface area contributed by atoms with E-state index in [1.165, 1.54) is 0 Å². The van der Waals surface area contributed by atoms with Gasteiger partial charge in [-0.1, -0.05) is 13.0 Å². The Bertz CT molecular complexity index is 331. The van der Waals surface area contributed by atoms with Crippen LogP contribution >= 0.6 is 0 Å². The molecule has 18 heavy (non-hydrogen) atoms. The fourth-order valence-electron chi connectivity index (χ4n) is 1.80. The van der Waals surface area contributed by atoms with E-state index in [0.717, 1.165) is 50.7 Å². The van der Waals surface area contributed by atoms with Crippen molar-refractivity contribution in [3.05, 3.63) is 29.6 Å². The van der Waals surface area contributed by atoms with Gasteiger partial charge in [0.15, 0.2) is 0 Å². The molecule has 1 heterocycles. The molecule has 0 aromatic carbocycles. The molecule has 0 aliphatic rings. The third kappa shape index (κ3) is 6.10. The van der Waals surface area contributed by atoms with Gasteiger partial charge in [-0.15, -0.1) is 0 Å². The normalized spacial score (nSPS) is 11.1. The molecule has 1 N–H and O–H groups in total. The van der Waals surface area contributed by atoms with Gasteiger partial charge >= 0.3 is 0 Å². The van der Waals surface area contributed by atoms with Crippen LogP contribution in [0.5, 0.6) is 0 Å². The Morgan fingerprint density at radius 3 is 2.83 bits per heavy atom. The van der Waals surface area contributed by atoms with E-state index in [0.29, 0.717) is 0 Å². The maximum atomic E-state index is 5.00. The highest BCUT2D eigenvalue weighted by atomic mass is 16.5. The van der Waals surface area contributed by atoms with Gasteiger partial charge in [0.05, 0.1) is 12.3 Å². The van der Waals surface area contributed by atoms with Crippen LogP contribution < -0.4 is 5.32 Å². The third-order valence-electron chi connectivity index (χ3n) is 2.87. The van der Waals surface area contributed by atoms with Gasteiger partial charge in [0.1, 0.15) is 0 Å². The summed E-state index contributed by atoms with van der Waals surface area (Å²) in [6.07, 6.45) is 0. The van der Waals surface area contributed by atoms with Crippen molar-refractivity contribution in [1.29, 1.82) is 0 Å². The molecular formula is C14H25N3O. The minimum Gasteiger partial charge on any atom is -0.383 e. The number of aromatic nitrogens is 1. The molecule has 0 fully saturated rings. The van der Waals surface area contributed by atoms with E-state index >= 15 is 0 Å². The molecule has 0 unspecified atom stereocenters. The molecule has 102 valence electrons. The van der Waals surface area contributed by atoms with Crippen LogP contribution in [0.25, 0.3) is 0 Å². The lowest BCUT2D eigenvalue weighted by molar-refractivity contribution is 0.196. The van der Waals surface area contributed by atoms with Crippen molar-refractivity contribution in [2.45, 2.75) is 20.4 Å². The molecule has 0 spiro atoms. The van der Waals surface area contributed by atoms with Crippen molar-refractivity contribution >= 4 is 0 Å². The Morgan fingerprint density at radius 2 is 2.17 bits per heavy atom. The van der Waals surface area contributed by atoms with Crippen LogP contribution in [0.3, 0.4) is 0 Å². The van der Waals surface area contributed by atoms with Gasteiger partial charge in [-0.2, -0.15) is 0 Å². The summed E-state index contributed by atoms with van der Waals surface area (Å²) >= 11 is 0. The van der Waals surface area contributed by atoms with Crippen molar-refractivity contribution in [2.75, 3.05) is 39.9 Å². The zero-order valence-corrected chi connectivity index (χ0v) is 11.8. The van der Waals surface area contributed by atoms with Crippen LogP contribution in [0.1, 0.15) is 18.3 Å². The minimum absolute atomic E-state index is 0.769. The first kappa shape index (κ1) is 15.1. The van der Waals surface area contributed by atoms with Crippen LogP contribution in [-0.2, 0) is 11.3 Å². The zero-order valence-electron chi connectivity index (χ0n) is 11.8. The summed E-state index contributed by atoms with van der Waals surface area (Å²) in [5, 5.41) is 3.36. The van der Waals surface area contributed by atoms with Gasteiger partial charge in [-0.05, 0) is 25.6 Å². The van der Waals surface area contributed by atoms with Gasteiger partial charge in [0, 0.05) is 39.0 Å². The zero-order chi connectivity index (χ0) is 13.2. The maximum absolute atomic E-state index is 5.00. The van der Waals surface area contributed by atoms with Crippen LogP contribution in [-0.4, -0.2) is 49.8 Å². The number of hydrogen-bond donors (Lipinski definition) is 1. The lowest BCUT2D eigenvalue weighted by Crippen LogP contribution is -2.33. The fraction of sp³-hybridized carbons (Fsp3) is 0.643. The highest BCUT2D eigenvalue weighted by Crippen LogP contribution is 2.02. The highest BCUT2D eigenvalue weighted by molar-refractivity contribution is 5.09. The molecule has 1 aromatic heterocycles. The topological polar surface area (TPSA) is 37.4 Å². The maximum Gasteiger partial charge on any atom is 0.0587 e. The summed E-state index contributed by atoms with van der Waals surface area (Å²) < 4.78 is 5.00. The first-order chi connectivity index (χ1) is 8.76. The van der Waals surface area contributed by atoms with Gasteiger partial charge < -0.3 is 10.1 Å². The number of nitrogens with one attached hydrogen (secondary N) is 1. The van der Waals surface area contributed by atoms with Gasteiger partial charge in [0.25, 0.3) is 0 Å². The van der Waals surface area contributed by atoms with Crippen LogP contribution in [0.15, 0.2) is 18.2 Å². The fourth-order valence-corrected chi connectivity index (χ4v) is 1.80. The van der Waals surface area contributed by atoms with Crippen molar-refractivity contribution in [2.24, 2.45) is 0 Å². The van der Waals surface area contributed by atoms with E-state index in [4.69, 9.17) is 4.74 Å². The number of rotatable bonds is 9. The molecule has 0 amide bonds. The standard InChI is InChI=1S/C14H25N3O/c1-4-17(10-8-15-9-11-18-3)12-14-7-5-6-13(2)16-14/h5-7,15H,4,8-12H2,1-3H3. The van der Waals surface area contributed by atoms with E-state index in [1.54, 1.807) is 7.11 Å². The van der Waals surface area contributed by atoms with Gasteiger partial charge in [-0.3, -0.25) is 9.88 Å². The monoisotopic (exact) mass is 251 g/mol. The lowest BCUT2D eigenvalue weighted by atomic mass is 10.3. The summed E-state index contributed by atoms with van der Waals surface area (Å²) in [6.45, 7) is 9.89. The molecule has 0 saturated heterocycles. The number of aryl methyl sites for hydroxylation is 1. The number of methoxy groups -OCH3 is 1. The number of likely N-dealkylation sites (N-methyl/N-ethyl adjacent to an activating group) is 1. The van der Waals surface area contributed by atoms with Crippen LogP contribution in [0, 0.1) is 6.92 Å². The lowest BCUT2D eigenvalue weighted by Gasteiger charge is -2.20. The predicted octanol–water partition coefficient (Wildman–Crippen LogP) is 1.45. The molecule has 0 bridgehead atoms. The second kappa shape index (κ2) is 9.03. The van der Waals surface area contributed by atoms with Crippen LogP contribution in [0.2, 0.25) is 0 Å².